The molecule has 0 aliphatic rings. The minimum Gasteiger partial charge on any atom is -0.549 e. The van der Waals surface area contributed by atoms with Gasteiger partial charge in [0, 0.05) is 0 Å². The fourth-order valence-electron chi connectivity index (χ4n) is 2.24. The van der Waals surface area contributed by atoms with Crippen molar-refractivity contribution in [3.05, 3.63) is 48.5 Å². The number of hydrogen-bond acceptors (Lipinski definition) is 4. The molecule has 0 unspecified atom stereocenters. The molecule has 2 aromatic carbocycles. The molecule has 7 heteroatoms. The first kappa shape index (κ1) is 25.4. The van der Waals surface area contributed by atoms with Gasteiger partial charge in [-0.25, -0.2) is 0 Å². The van der Waals surface area contributed by atoms with Crippen LogP contribution < -0.4 is 18.2 Å². The minimum atomic E-state index is -0.670. The van der Waals surface area contributed by atoms with E-state index in [-0.39, 0.29) is 10.1 Å². The highest BCUT2D eigenvalue weighted by molar-refractivity contribution is 6.33. The minimum absolute atomic E-state index is 0.268. The molecule has 2 aromatic rings. The van der Waals surface area contributed by atoms with Crippen molar-refractivity contribution in [2.75, 3.05) is 0 Å². The zero-order chi connectivity index (χ0) is 23.1. The second-order valence-electron chi connectivity index (χ2n) is 10.1. The average Bonchev–Trinajstić information content (AvgIpc) is 2.72. The normalized spacial score (nSPS) is 12.8. The molecule has 0 atom stereocenters. The lowest BCUT2D eigenvalue weighted by molar-refractivity contribution is 0.427. The molecule has 169 valence electrons. The van der Waals surface area contributed by atoms with Crippen molar-refractivity contribution in [1.82, 2.24) is 0 Å². The first-order valence-corrected chi connectivity index (χ1v) is 13.7. The van der Waals surface area contributed by atoms with Gasteiger partial charge in [0.15, 0.2) is 0 Å². The summed E-state index contributed by atoms with van der Waals surface area (Å²) in [5.74, 6) is 4.44. The largest absolute Gasteiger partial charge is 0.658 e. The maximum absolute atomic E-state index is 6.06. The van der Waals surface area contributed by atoms with Gasteiger partial charge < -0.3 is 18.2 Å². The Labute approximate surface area is 194 Å². The molecule has 0 aliphatic carbocycles. The van der Waals surface area contributed by atoms with Crippen LogP contribution in [0.3, 0.4) is 0 Å². The predicted octanol–water partition coefficient (Wildman–Crippen LogP) is 5.31. The standard InChI is InChI=1S/C24H38BO4Si2/c1-17(2)23(5,6)30-28-21-13-9-19(10-14-21)26-25-27-20-11-15-22(16-12-20)29-31-24(7,8)18(3)4/h9-18H,30-31H2,1-8H3. The summed E-state index contributed by atoms with van der Waals surface area (Å²) in [5, 5.41) is 0.536. The van der Waals surface area contributed by atoms with E-state index in [0.717, 1.165) is 11.5 Å². The van der Waals surface area contributed by atoms with Gasteiger partial charge in [0.25, 0.3) is 0 Å². The monoisotopic (exact) mass is 457 g/mol. The van der Waals surface area contributed by atoms with Crippen LogP contribution in [0.25, 0.3) is 0 Å². The highest BCUT2D eigenvalue weighted by atomic mass is 28.2. The topological polar surface area (TPSA) is 36.9 Å². The molecule has 0 amide bonds. The zero-order valence-corrected chi connectivity index (χ0v) is 23.2. The van der Waals surface area contributed by atoms with E-state index in [2.05, 4.69) is 55.4 Å². The molecule has 0 bridgehead atoms. The van der Waals surface area contributed by atoms with Crippen LogP contribution in [-0.2, 0) is 0 Å². The van der Waals surface area contributed by atoms with Gasteiger partial charge >= 0.3 is 7.69 Å². The second-order valence-corrected chi connectivity index (χ2v) is 14.9. The molecule has 0 heterocycles. The summed E-state index contributed by atoms with van der Waals surface area (Å²) in [6.45, 7) is 18.1. The summed E-state index contributed by atoms with van der Waals surface area (Å²) in [6, 6.07) is 15.4. The molecule has 0 fully saturated rings. The van der Waals surface area contributed by atoms with Gasteiger partial charge in [-0.3, -0.25) is 0 Å². The van der Waals surface area contributed by atoms with E-state index in [4.69, 9.17) is 18.2 Å². The zero-order valence-electron chi connectivity index (χ0n) is 20.4. The third-order valence-electron chi connectivity index (χ3n) is 6.36. The SMILES string of the molecule is CC(C)C(C)(C)[SiH2]Oc1ccc(O[B]Oc2ccc(O[SiH2]C(C)(C)C(C)C)cc2)cc1. The van der Waals surface area contributed by atoms with Gasteiger partial charge in [0.2, 0.25) is 19.5 Å². The van der Waals surface area contributed by atoms with Crippen LogP contribution in [0.4, 0.5) is 0 Å². The average molecular weight is 458 g/mol. The summed E-state index contributed by atoms with van der Waals surface area (Å²) in [5.41, 5.74) is 0. The lowest BCUT2D eigenvalue weighted by Crippen LogP contribution is -2.24. The predicted molar refractivity (Wildman–Crippen MR) is 136 cm³/mol. The maximum Gasteiger partial charge on any atom is 0.658 e. The van der Waals surface area contributed by atoms with Gasteiger partial charge in [-0.2, -0.15) is 0 Å². The van der Waals surface area contributed by atoms with Crippen molar-refractivity contribution in [2.24, 2.45) is 11.8 Å². The first-order valence-electron chi connectivity index (χ1n) is 11.1. The van der Waals surface area contributed by atoms with E-state index in [9.17, 15) is 0 Å². The Morgan fingerprint density at radius 1 is 0.581 bits per heavy atom. The number of hydrogen-bond donors (Lipinski definition) is 0. The Hall–Kier alpha value is -1.86. The molecule has 0 spiro atoms. The van der Waals surface area contributed by atoms with E-state index in [0.29, 0.717) is 23.3 Å². The molecule has 0 N–H and O–H groups in total. The number of rotatable bonds is 12. The quantitative estimate of drug-likeness (QED) is 0.405. The lowest BCUT2D eigenvalue weighted by Gasteiger charge is -2.28. The summed E-state index contributed by atoms with van der Waals surface area (Å²) in [6.07, 6.45) is 0. The summed E-state index contributed by atoms with van der Waals surface area (Å²) in [7, 11) is 0.00530. The van der Waals surface area contributed by atoms with Gasteiger partial charge in [0.1, 0.15) is 23.0 Å². The van der Waals surface area contributed by atoms with Gasteiger partial charge in [0.05, 0.1) is 0 Å². The Morgan fingerprint density at radius 2 is 0.871 bits per heavy atom. The van der Waals surface area contributed by atoms with Crippen LogP contribution in [0.15, 0.2) is 48.5 Å². The first-order chi connectivity index (χ1) is 14.5. The van der Waals surface area contributed by atoms with Crippen LogP contribution >= 0.6 is 0 Å². The molecule has 31 heavy (non-hydrogen) atoms. The molecule has 0 aromatic heterocycles. The summed E-state index contributed by atoms with van der Waals surface area (Å²) >= 11 is 0. The smallest absolute Gasteiger partial charge is 0.549 e. The second kappa shape index (κ2) is 11.1. The van der Waals surface area contributed by atoms with Crippen molar-refractivity contribution >= 4 is 27.2 Å². The van der Waals surface area contributed by atoms with E-state index < -0.39 is 19.5 Å². The lowest BCUT2D eigenvalue weighted by atomic mass is 9.99. The summed E-state index contributed by atoms with van der Waals surface area (Å²) < 4.78 is 23.3. The molecule has 0 aliphatic heterocycles. The Balaban J connectivity index is 1.75. The summed E-state index contributed by atoms with van der Waals surface area (Å²) in [4.78, 5) is 0. The fourth-order valence-corrected chi connectivity index (χ4v) is 4.36. The van der Waals surface area contributed by atoms with E-state index in [1.165, 1.54) is 7.69 Å². The van der Waals surface area contributed by atoms with Gasteiger partial charge in [-0.15, -0.1) is 0 Å². The third kappa shape index (κ3) is 8.30. The Morgan fingerprint density at radius 3 is 1.16 bits per heavy atom. The Bertz CT molecular complexity index is 723. The van der Waals surface area contributed by atoms with E-state index >= 15 is 0 Å². The molecule has 1 radical (unpaired) electrons. The van der Waals surface area contributed by atoms with Crippen LogP contribution in [0.1, 0.15) is 55.4 Å². The van der Waals surface area contributed by atoms with E-state index in [1.807, 2.05) is 48.5 Å². The Kier molecular flexibility index (Phi) is 9.12. The van der Waals surface area contributed by atoms with Crippen molar-refractivity contribution in [2.45, 2.75) is 65.5 Å². The molecular weight excluding hydrogens is 419 g/mol. The van der Waals surface area contributed by atoms with Crippen molar-refractivity contribution in [1.29, 1.82) is 0 Å². The van der Waals surface area contributed by atoms with Crippen LogP contribution in [-0.4, -0.2) is 27.2 Å². The van der Waals surface area contributed by atoms with Crippen LogP contribution in [0.2, 0.25) is 10.1 Å². The van der Waals surface area contributed by atoms with Crippen molar-refractivity contribution in [3.63, 3.8) is 0 Å². The third-order valence-corrected chi connectivity index (χ3v) is 10.4. The molecule has 4 nitrogen and oxygen atoms in total. The highest BCUT2D eigenvalue weighted by Crippen LogP contribution is 2.34. The van der Waals surface area contributed by atoms with Crippen molar-refractivity contribution < 1.29 is 18.2 Å². The van der Waals surface area contributed by atoms with Gasteiger partial charge in [-0.1, -0.05) is 55.4 Å². The van der Waals surface area contributed by atoms with Gasteiger partial charge in [-0.05, 0) is 70.4 Å². The molecule has 0 saturated carbocycles. The fraction of sp³-hybridized carbons (Fsp3) is 0.500. The molecular formula is C24H38BO4Si2. The number of benzene rings is 2. The van der Waals surface area contributed by atoms with E-state index in [1.54, 1.807) is 0 Å². The van der Waals surface area contributed by atoms with Crippen molar-refractivity contribution in [3.8, 4) is 23.0 Å². The maximum atomic E-state index is 6.06. The highest BCUT2D eigenvalue weighted by Gasteiger charge is 2.25. The van der Waals surface area contributed by atoms with Crippen LogP contribution in [0, 0.1) is 11.8 Å². The molecule has 2 rings (SSSR count). The van der Waals surface area contributed by atoms with Crippen LogP contribution in [0.5, 0.6) is 23.0 Å². The molecule has 0 saturated heterocycles.